The molecule has 0 radical (unpaired) electrons. The first-order valence-corrected chi connectivity index (χ1v) is 10.1. The zero-order chi connectivity index (χ0) is 18.8. The SMILES string of the molecule is Cc1ccc(-c2ccc(-c3ccc(C4CCC(C)CC4)cc3F)cc2)cc1. The molecular formula is C26H27F. The van der Waals surface area contributed by atoms with Crippen molar-refractivity contribution in [2.75, 3.05) is 0 Å². The smallest absolute Gasteiger partial charge is 0.131 e. The lowest BCUT2D eigenvalue weighted by molar-refractivity contribution is 0.347. The molecule has 0 atom stereocenters. The Kier molecular flexibility index (Phi) is 5.11. The monoisotopic (exact) mass is 358 g/mol. The molecule has 1 aliphatic carbocycles. The van der Waals surface area contributed by atoms with Gasteiger partial charge in [-0.2, -0.15) is 0 Å². The van der Waals surface area contributed by atoms with E-state index in [9.17, 15) is 4.39 Å². The Morgan fingerprint density at radius 3 is 1.85 bits per heavy atom. The molecule has 1 aliphatic rings. The molecule has 0 spiro atoms. The molecule has 0 amide bonds. The molecular weight excluding hydrogens is 331 g/mol. The van der Waals surface area contributed by atoms with Gasteiger partial charge in [0.25, 0.3) is 0 Å². The zero-order valence-corrected chi connectivity index (χ0v) is 16.2. The van der Waals surface area contributed by atoms with Crippen molar-refractivity contribution >= 4 is 0 Å². The van der Waals surface area contributed by atoms with Gasteiger partial charge in [0.15, 0.2) is 0 Å². The minimum Gasteiger partial charge on any atom is -0.206 e. The first-order valence-electron chi connectivity index (χ1n) is 10.1. The zero-order valence-electron chi connectivity index (χ0n) is 16.2. The average Bonchev–Trinajstić information content (AvgIpc) is 2.69. The van der Waals surface area contributed by atoms with Crippen molar-refractivity contribution in [3.8, 4) is 22.3 Å². The molecule has 0 saturated heterocycles. The summed E-state index contributed by atoms with van der Waals surface area (Å²) >= 11 is 0. The van der Waals surface area contributed by atoms with E-state index in [2.05, 4.69) is 56.3 Å². The van der Waals surface area contributed by atoms with Crippen LogP contribution >= 0.6 is 0 Å². The normalized spacial score (nSPS) is 19.8. The number of hydrogen-bond acceptors (Lipinski definition) is 0. The second-order valence-corrected chi connectivity index (χ2v) is 8.14. The molecule has 0 aliphatic heterocycles. The van der Waals surface area contributed by atoms with Crippen LogP contribution in [0.4, 0.5) is 4.39 Å². The van der Waals surface area contributed by atoms with Gasteiger partial charge in [-0.1, -0.05) is 86.0 Å². The summed E-state index contributed by atoms with van der Waals surface area (Å²) in [7, 11) is 0. The fourth-order valence-corrected chi connectivity index (χ4v) is 4.20. The highest BCUT2D eigenvalue weighted by molar-refractivity contribution is 5.71. The molecule has 0 heterocycles. The fourth-order valence-electron chi connectivity index (χ4n) is 4.20. The van der Waals surface area contributed by atoms with Crippen LogP contribution in [0.25, 0.3) is 22.3 Å². The molecule has 0 aromatic heterocycles. The highest BCUT2D eigenvalue weighted by Gasteiger charge is 2.20. The Morgan fingerprint density at radius 1 is 0.704 bits per heavy atom. The Bertz CT molecular complexity index is 898. The predicted molar refractivity (Wildman–Crippen MR) is 112 cm³/mol. The maximum absolute atomic E-state index is 14.8. The predicted octanol–water partition coefficient (Wildman–Crippen LogP) is 7.76. The van der Waals surface area contributed by atoms with E-state index >= 15 is 0 Å². The molecule has 1 fully saturated rings. The molecule has 4 rings (SSSR count). The van der Waals surface area contributed by atoms with Crippen molar-refractivity contribution in [2.24, 2.45) is 5.92 Å². The van der Waals surface area contributed by atoms with Gasteiger partial charge in [0.1, 0.15) is 5.82 Å². The summed E-state index contributed by atoms with van der Waals surface area (Å²) < 4.78 is 14.8. The molecule has 27 heavy (non-hydrogen) atoms. The molecule has 0 nitrogen and oxygen atoms in total. The van der Waals surface area contributed by atoms with Gasteiger partial charge in [-0.05, 0) is 59.9 Å². The van der Waals surface area contributed by atoms with E-state index in [4.69, 9.17) is 0 Å². The minimum absolute atomic E-state index is 0.103. The Hall–Kier alpha value is -2.41. The molecule has 138 valence electrons. The van der Waals surface area contributed by atoms with Crippen molar-refractivity contribution in [3.63, 3.8) is 0 Å². The van der Waals surface area contributed by atoms with Gasteiger partial charge in [-0.25, -0.2) is 4.39 Å². The molecule has 3 aromatic carbocycles. The third-order valence-corrected chi connectivity index (χ3v) is 6.06. The maximum atomic E-state index is 14.8. The van der Waals surface area contributed by atoms with Crippen LogP contribution in [-0.4, -0.2) is 0 Å². The van der Waals surface area contributed by atoms with Gasteiger partial charge in [0.2, 0.25) is 0 Å². The van der Waals surface area contributed by atoms with Crippen LogP contribution in [0, 0.1) is 18.7 Å². The van der Waals surface area contributed by atoms with Crippen LogP contribution in [0.1, 0.15) is 49.7 Å². The van der Waals surface area contributed by atoms with E-state index in [-0.39, 0.29) is 5.82 Å². The largest absolute Gasteiger partial charge is 0.206 e. The van der Waals surface area contributed by atoms with E-state index in [1.807, 2.05) is 18.2 Å². The third kappa shape index (κ3) is 3.98. The van der Waals surface area contributed by atoms with Crippen molar-refractivity contribution in [1.29, 1.82) is 0 Å². The summed E-state index contributed by atoms with van der Waals surface area (Å²) in [6.45, 7) is 4.41. The molecule has 1 saturated carbocycles. The molecule has 0 unspecified atom stereocenters. The summed E-state index contributed by atoms with van der Waals surface area (Å²) in [6, 6.07) is 22.6. The highest BCUT2D eigenvalue weighted by Crippen LogP contribution is 2.37. The van der Waals surface area contributed by atoms with Crippen LogP contribution in [0.2, 0.25) is 0 Å². The highest BCUT2D eigenvalue weighted by atomic mass is 19.1. The number of rotatable bonds is 3. The quantitative estimate of drug-likeness (QED) is 0.449. The van der Waals surface area contributed by atoms with Crippen molar-refractivity contribution in [1.82, 2.24) is 0 Å². The van der Waals surface area contributed by atoms with Crippen LogP contribution in [0.5, 0.6) is 0 Å². The third-order valence-electron chi connectivity index (χ3n) is 6.06. The standard InChI is InChI=1S/C26H27F/c1-18-3-7-20(8-4-18)21-11-13-23(14-12-21)25-16-15-24(17-26(25)27)22-9-5-19(2)6-10-22/h3-4,7-8,11-17,19,22H,5-6,9-10H2,1-2H3. The summed E-state index contributed by atoms with van der Waals surface area (Å²) in [5.74, 6) is 1.24. The summed E-state index contributed by atoms with van der Waals surface area (Å²) in [4.78, 5) is 0. The lowest BCUT2D eigenvalue weighted by Gasteiger charge is -2.26. The van der Waals surface area contributed by atoms with Gasteiger partial charge in [0.05, 0.1) is 0 Å². The van der Waals surface area contributed by atoms with Crippen molar-refractivity contribution in [3.05, 3.63) is 83.7 Å². The van der Waals surface area contributed by atoms with E-state index in [1.54, 1.807) is 6.07 Å². The summed E-state index contributed by atoms with van der Waals surface area (Å²) in [5, 5.41) is 0. The number of hydrogen-bond donors (Lipinski definition) is 0. The second-order valence-electron chi connectivity index (χ2n) is 8.14. The van der Waals surface area contributed by atoms with E-state index in [0.717, 1.165) is 17.0 Å². The Labute approximate surface area is 162 Å². The summed E-state index contributed by atoms with van der Waals surface area (Å²) in [5.41, 5.74) is 6.40. The van der Waals surface area contributed by atoms with Gasteiger partial charge >= 0.3 is 0 Å². The van der Waals surface area contributed by atoms with Crippen molar-refractivity contribution < 1.29 is 4.39 Å². The second kappa shape index (κ2) is 7.68. The first-order chi connectivity index (χ1) is 13.1. The fraction of sp³-hybridized carbons (Fsp3) is 0.308. The van der Waals surface area contributed by atoms with Crippen molar-refractivity contribution in [2.45, 2.75) is 45.4 Å². The topological polar surface area (TPSA) is 0 Å². The van der Waals surface area contributed by atoms with Gasteiger partial charge in [-0.3, -0.25) is 0 Å². The molecule has 3 aromatic rings. The van der Waals surface area contributed by atoms with Gasteiger partial charge in [0, 0.05) is 5.56 Å². The Balaban J connectivity index is 1.55. The average molecular weight is 359 g/mol. The van der Waals surface area contributed by atoms with E-state index in [0.29, 0.717) is 11.5 Å². The van der Waals surface area contributed by atoms with Gasteiger partial charge < -0.3 is 0 Å². The number of halogens is 1. The first kappa shape index (κ1) is 18.0. The lowest BCUT2D eigenvalue weighted by Crippen LogP contribution is -2.11. The number of benzene rings is 3. The van der Waals surface area contributed by atoms with E-state index < -0.39 is 0 Å². The van der Waals surface area contributed by atoms with E-state index in [1.165, 1.54) is 42.4 Å². The van der Waals surface area contributed by atoms with Crippen LogP contribution < -0.4 is 0 Å². The summed E-state index contributed by atoms with van der Waals surface area (Å²) in [6.07, 6.45) is 4.89. The molecule has 0 bridgehead atoms. The lowest BCUT2D eigenvalue weighted by atomic mass is 9.79. The molecule has 0 N–H and O–H groups in total. The number of aryl methyl sites for hydroxylation is 1. The van der Waals surface area contributed by atoms with Crippen LogP contribution in [-0.2, 0) is 0 Å². The Morgan fingerprint density at radius 2 is 1.26 bits per heavy atom. The maximum Gasteiger partial charge on any atom is 0.131 e. The molecule has 1 heteroatoms. The minimum atomic E-state index is -0.103. The van der Waals surface area contributed by atoms with Gasteiger partial charge in [-0.15, -0.1) is 0 Å². The van der Waals surface area contributed by atoms with Crippen LogP contribution in [0.15, 0.2) is 66.7 Å². The van der Waals surface area contributed by atoms with Crippen LogP contribution in [0.3, 0.4) is 0 Å².